The molecule has 9 aromatic carbocycles. The van der Waals surface area contributed by atoms with E-state index in [0.29, 0.717) is 11.4 Å². The molecule has 0 unspecified atom stereocenters. The minimum absolute atomic E-state index is 0.649. The van der Waals surface area contributed by atoms with Gasteiger partial charge in [-0.2, -0.15) is 5.26 Å². The van der Waals surface area contributed by atoms with Gasteiger partial charge in [0.15, 0.2) is 5.82 Å². The topological polar surface area (TPSA) is 64.4 Å². The van der Waals surface area contributed by atoms with E-state index in [1.807, 2.05) is 48.5 Å². The molecule has 0 radical (unpaired) electrons. The summed E-state index contributed by atoms with van der Waals surface area (Å²) >= 11 is 0. The summed E-state index contributed by atoms with van der Waals surface area (Å²) in [5.41, 5.74) is 15.3. The van der Waals surface area contributed by atoms with Crippen molar-refractivity contribution in [3.05, 3.63) is 224 Å². The molecular weight excluding hydrogens is 793 g/mol. The summed E-state index contributed by atoms with van der Waals surface area (Å²) in [6.45, 7) is 0. The summed E-state index contributed by atoms with van der Waals surface area (Å²) in [4.78, 5) is 10.1. The molecule has 0 fully saturated rings. The molecule has 0 aliphatic heterocycles. The van der Waals surface area contributed by atoms with Crippen molar-refractivity contribution in [2.45, 2.75) is 0 Å². The number of benzene rings is 9. The van der Waals surface area contributed by atoms with E-state index >= 15 is 0 Å². The lowest BCUT2D eigenvalue weighted by Crippen LogP contribution is -1.97. The predicted octanol–water partition coefficient (Wildman–Crippen LogP) is 14.6. The van der Waals surface area contributed by atoms with Crippen molar-refractivity contribution in [1.82, 2.24) is 23.7 Å². The highest BCUT2D eigenvalue weighted by Crippen LogP contribution is 2.40. The van der Waals surface area contributed by atoms with Crippen LogP contribution in [0.25, 0.3) is 116 Å². The van der Waals surface area contributed by atoms with Crippen molar-refractivity contribution in [3.8, 4) is 57.0 Å². The summed E-state index contributed by atoms with van der Waals surface area (Å²) in [5, 5.41) is 16.8. The van der Waals surface area contributed by atoms with Gasteiger partial charge in [-0.3, -0.25) is 0 Å². The fraction of sp³-hybridized carbons (Fsp3) is 0. The molecule has 4 heterocycles. The lowest BCUT2D eigenvalue weighted by Gasteiger charge is -2.12. The van der Waals surface area contributed by atoms with Crippen molar-refractivity contribution in [3.63, 3.8) is 0 Å². The van der Waals surface area contributed by atoms with E-state index in [2.05, 4.69) is 190 Å². The Morgan fingerprint density at radius 3 is 1.22 bits per heavy atom. The van der Waals surface area contributed by atoms with Crippen LogP contribution in [0.3, 0.4) is 0 Å². The van der Waals surface area contributed by atoms with E-state index in [1.165, 1.54) is 21.8 Å². The van der Waals surface area contributed by atoms with Gasteiger partial charge >= 0.3 is 0 Å². The minimum Gasteiger partial charge on any atom is -0.309 e. The molecule has 0 bridgehead atoms. The van der Waals surface area contributed by atoms with E-state index in [9.17, 15) is 5.26 Å². The fourth-order valence-corrected chi connectivity index (χ4v) is 9.93. The van der Waals surface area contributed by atoms with Crippen molar-refractivity contribution in [2.75, 3.05) is 0 Å². The molecule has 0 saturated heterocycles. The number of nitriles is 1. The molecule has 6 heteroatoms. The van der Waals surface area contributed by atoms with Gasteiger partial charge < -0.3 is 13.7 Å². The van der Waals surface area contributed by atoms with E-state index in [1.54, 1.807) is 0 Å². The Hall–Kier alpha value is -9.05. The van der Waals surface area contributed by atoms with Crippen LogP contribution in [-0.4, -0.2) is 23.7 Å². The summed E-state index contributed by atoms with van der Waals surface area (Å²) in [5.74, 6) is 0.692. The van der Waals surface area contributed by atoms with Gasteiger partial charge in [-0.1, -0.05) is 127 Å². The fourth-order valence-electron chi connectivity index (χ4n) is 9.93. The van der Waals surface area contributed by atoms with Crippen LogP contribution in [0.1, 0.15) is 5.56 Å². The first-order valence-electron chi connectivity index (χ1n) is 21.8. The van der Waals surface area contributed by atoms with Gasteiger partial charge in [0.05, 0.1) is 56.1 Å². The highest BCUT2D eigenvalue weighted by atomic mass is 15.0. The van der Waals surface area contributed by atoms with Gasteiger partial charge in [0.25, 0.3) is 0 Å². The molecule has 0 aliphatic carbocycles. The van der Waals surface area contributed by atoms with Crippen molar-refractivity contribution in [1.29, 1.82) is 5.26 Å². The van der Waals surface area contributed by atoms with Crippen LogP contribution in [0, 0.1) is 11.3 Å². The molecular formula is C59H36N6. The van der Waals surface area contributed by atoms with Crippen molar-refractivity contribution < 1.29 is 0 Å². The molecule has 6 nitrogen and oxygen atoms in total. The van der Waals surface area contributed by atoms with Crippen LogP contribution in [0.2, 0.25) is 0 Å². The summed E-state index contributed by atoms with van der Waals surface area (Å²) in [7, 11) is 0. The Balaban J connectivity index is 1.02. The van der Waals surface area contributed by atoms with Gasteiger partial charge in [-0.05, 0) is 91.0 Å². The molecule has 13 aromatic rings. The number of nitrogens with zero attached hydrogens (tertiary/aromatic N) is 6. The quantitative estimate of drug-likeness (QED) is 0.168. The maximum atomic E-state index is 9.83. The third-order valence-electron chi connectivity index (χ3n) is 12.9. The molecule has 0 spiro atoms. The van der Waals surface area contributed by atoms with Gasteiger partial charge in [0.2, 0.25) is 0 Å². The highest BCUT2D eigenvalue weighted by molar-refractivity contribution is 6.14. The second-order valence-corrected chi connectivity index (χ2v) is 16.5. The average molecular weight is 829 g/mol. The van der Waals surface area contributed by atoms with Crippen LogP contribution in [0.4, 0.5) is 0 Å². The number of rotatable bonds is 6. The van der Waals surface area contributed by atoms with Crippen molar-refractivity contribution in [2.24, 2.45) is 0 Å². The number of para-hydroxylation sites is 3. The molecule has 0 saturated carbocycles. The van der Waals surface area contributed by atoms with E-state index in [4.69, 9.17) is 9.97 Å². The molecule has 13 rings (SSSR count). The Kier molecular flexibility index (Phi) is 8.17. The first kappa shape index (κ1) is 36.6. The van der Waals surface area contributed by atoms with Gasteiger partial charge in [-0.15, -0.1) is 0 Å². The summed E-state index contributed by atoms with van der Waals surface area (Å²) in [6.07, 6.45) is 0. The largest absolute Gasteiger partial charge is 0.309 e. The SMILES string of the molecule is N#Cc1ccc2c(c1)c1ccccc1n2-c1ccc2c(c1)c1cc(-n3c4ccccc4c4ccccc43)ccc1n2-c1ccc(-c2cc(-c3ccccc3)nc(-c3ccccc3)n2)cc1. The monoisotopic (exact) mass is 828 g/mol. The second-order valence-electron chi connectivity index (χ2n) is 16.5. The number of hydrogen-bond acceptors (Lipinski definition) is 3. The Morgan fingerprint density at radius 1 is 0.308 bits per heavy atom. The maximum Gasteiger partial charge on any atom is 0.160 e. The number of aromatic nitrogens is 5. The zero-order chi connectivity index (χ0) is 43.0. The zero-order valence-corrected chi connectivity index (χ0v) is 35.0. The third kappa shape index (κ3) is 5.80. The Labute approximate surface area is 373 Å². The lowest BCUT2D eigenvalue weighted by molar-refractivity contribution is 1.16. The molecule has 0 amide bonds. The van der Waals surface area contributed by atoms with Gasteiger partial charge in [0.1, 0.15) is 0 Å². The van der Waals surface area contributed by atoms with Crippen molar-refractivity contribution >= 4 is 65.4 Å². The number of fused-ring (bicyclic) bond motifs is 9. The highest BCUT2D eigenvalue weighted by Gasteiger charge is 2.20. The predicted molar refractivity (Wildman–Crippen MR) is 266 cm³/mol. The summed E-state index contributed by atoms with van der Waals surface area (Å²) in [6, 6.07) is 79.2. The molecule has 4 aromatic heterocycles. The Bertz CT molecular complexity index is 3940. The molecule has 0 N–H and O–H groups in total. The lowest BCUT2D eigenvalue weighted by atomic mass is 10.1. The smallest absolute Gasteiger partial charge is 0.160 e. The normalized spacial score (nSPS) is 11.7. The van der Waals surface area contributed by atoms with E-state index in [0.717, 1.165) is 88.8 Å². The minimum atomic E-state index is 0.649. The third-order valence-corrected chi connectivity index (χ3v) is 12.9. The van der Waals surface area contributed by atoms with Crippen LogP contribution >= 0.6 is 0 Å². The van der Waals surface area contributed by atoms with Crippen LogP contribution < -0.4 is 0 Å². The maximum absolute atomic E-state index is 9.83. The Morgan fingerprint density at radius 2 is 0.692 bits per heavy atom. The molecule has 0 atom stereocenters. The first-order chi connectivity index (χ1) is 32.2. The van der Waals surface area contributed by atoms with Crippen LogP contribution in [0.15, 0.2) is 218 Å². The summed E-state index contributed by atoms with van der Waals surface area (Å²) < 4.78 is 7.10. The van der Waals surface area contributed by atoms with Crippen LogP contribution in [-0.2, 0) is 0 Å². The average Bonchev–Trinajstić information content (AvgIpc) is 4.01. The zero-order valence-electron chi connectivity index (χ0n) is 35.0. The van der Waals surface area contributed by atoms with Gasteiger partial charge in [-0.25, -0.2) is 9.97 Å². The van der Waals surface area contributed by atoms with Gasteiger partial charge in [0, 0.05) is 66.1 Å². The molecule has 302 valence electrons. The molecule has 0 aliphatic rings. The number of hydrogen-bond donors (Lipinski definition) is 0. The van der Waals surface area contributed by atoms with E-state index < -0.39 is 0 Å². The van der Waals surface area contributed by atoms with Crippen LogP contribution in [0.5, 0.6) is 0 Å². The van der Waals surface area contributed by atoms with E-state index in [-0.39, 0.29) is 0 Å². The second kappa shape index (κ2) is 14.5. The first-order valence-corrected chi connectivity index (χ1v) is 21.8. The molecule has 65 heavy (non-hydrogen) atoms. The standard InChI is InChI=1S/C59H36N6/c60-37-38-23-30-56-48(33-38)47-19-9-12-22-55(47)65(56)44-29-32-58-50(35-44)49-34-43(64-53-20-10-7-17-45(53)46-18-8-11-21-54(46)64)28-31-57(49)63(58)42-26-24-40(25-27-42)52-36-51(39-13-3-1-4-14-39)61-59(62-52)41-15-5-2-6-16-41/h1-36H.